The van der Waals surface area contributed by atoms with Crippen molar-refractivity contribution in [3.05, 3.63) is 69.7 Å². The predicted molar refractivity (Wildman–Crippen MR) is 92.5 cm³/mol. The number of rotatable bonds is 7. The fourth-order valence-electron chi connectivity index (χ4n) is 2.37. The maximum Gasteiger partial charge on any atom is 0.0406 e. The highest BCUT2D eigenvalue weighted by Gasteiger charge is 2.13. The molecule has 0 atom stereocenters. The van der Waals surface area contributed by atoms with Gasteiger partial charge in [0.15, 0.2) is 0 Å². The Morgan fingerprint density at radius 2 is 1.33 bits per heavy atom. The van der Waals surface area contributed by atoms with Crippen molar-refractivity contribution >= 4 is 23.2 Å². The minimum absolute atomic E-state index is 0.316. The van der Waals surface area contributed by atoms with Crippen LogP contribution in [0.25, 0.3) is 0 Å². The zero-order chi connectivity index (χ0) is 15.1. The van der Waals surface area contributed by atoms with E-state index >= 15 is 0 Å². The predicted octanol–water partition coefficient (Wildman–Crippen LogP) is 5.52. The number of nitrogens with one attached hydrogen (secondary N) is 1. The Labute approximate surface area is 137 Å². The molecule has 1 N–H and O–H groups in total. The van der Waals surface area contributed by atoms with Gasteiger partial charge in [-0.2, -0.15) is 0 Å². The van der Waals surface area contributed by atoms with Crippen LogP contribution in [0.5, 0.6) is 0 Å². The van der Waals surface area contributed by atoms with Crippen LogP contribution in [0.15, 0.2) is 48.5 Å². The lowest BCUT2D eigenvalue weighted by Gasteiger charge is -2.19. The first-order valence-corrected chi connectivity index (χ1v) is 8.18. The summed E-state index contributed by atoms with van der Waals surface area (Å²) in [5.74, 6) is 0.316. The van der Waals surface area contributed by atoms with Crippen LogP contribution in [0, 0.1) is 0 Å². The summed E-state index contributed by atoms with van der Waals surface area (Å²) in [5, 5.41) is 5.09. The lowest BCUT2D eigenvalue weighted by atomic mass is 9.91. The molecule has 0 saturated heterocycles. The Bertz CT molecular complexity index is 489. The second-order valence-corrected chi connectivity index (χ2v) is 6.09. The first kappa shape index (κ1) is 16.4. The molecule has 0 unspecified atom stereocenters. The van der Waals surface area contributed by atoms with Crippen molar-refractivity contribution < 1.29 is 0 Å². The van der Waals surface area contributed by atoms with E-state index in [9.17, 15) is 0 Å². The van der Waals surface area contributed by atoms with Crippen LogP contribution in [0.2, 0.25) is 10.0 Å². The molecule has 2 rings (SSSR count). The standard InChI is InChI=1S/C18H21Cl2N/c1-2-3-12-21-13-18(14-4-8-16(19)9-5-14)15-6-10-17(20)11-7-15/h4-11,18,21H,2-3,12-13H2,1H3. The summed E-state index contributed by atoms with van der Waals surface area (Å²) in [6.07, 6.45) is 2.41. The minimum Gasteiger partial charge on any atom is -0.316 e. The molecule has 2 aromatic rings. The Morgan fingerprint density at radius 3 is 1.76 bits per heavy atom. The van der Waals surface area contributed by atoms with Gasteiger partial charge >= 0.3 is 0 Å². The van der Waals surface area contributed by atoms with E-state index in [1.807, 2.05) is 24.3 Å². The zero-order valence-electron chi connectivity index (χ0n) is 12.3. The van der Waals surface area contributed by atoms with Gasteiger partial charge in [-0.15, -0.1) is 0 Å². The Morgan fingerprint density at radius 1 is 0.857 bits per heavy atom. The fraction of sp³-hybridized carbons (Fsp3) is 0.333. The summed E-state index contributed by atoms with van der Waals surface area (Å²) in [6.45, 7) is 4.18. The molecule has 0 aliphatic carbocycles. The fourth-order valence-corrected chi connectivity index (χ4v) is 2.62. The van der Waals surface area contributed by atoms with Gasteiger partial charge in [0.05, 0.1) is 0 Å². The highest BCUT2D eigenvalue weighted by Crippen LogP contribution is 2.26. The average molecular weight is 322 g/mol. The highest BCUT2D eigenvalue weighted by atomic mass is 35.5. The zero-order valence-corrected chi connectivity index (χ0v) is 13.8. The molecule has 0 amide bonds. The molecule has 21 heavy (non-hydrogen) atoms. The van der Waals surface area contributed by atoms with E-state index in [2.05, 4.69) is 36.5 Å². The maximum absolute atomic E-state index is 6.00. The summed E-state index contributed by atoms with van der Waals surface area (Å²) in [7, 11) is 0. The lowest BCUT2D eigenvalue weighted by Crippen LogP contribution is -2.23. The summed E-state index contributed by atoms with van der Waals surface area (Å²) in [5.41, 5.74) is 2.54. The van der Waals surface area contributed by atoms with E-state index in [1.165, 1.54) is 24.0 Å². The summed E-state index contributed by atoms with van der Waals surface area (Å²) in [4.78, 5) is 0. The van der Waals surface area contributed by atoms with Crippen LogP contribution in [0.3, 0.4) is 0 Å². The molecule has 2 aromatic carbocycles. The van der Waals surface area contributed by atoms with E-state index in [1.54, 1.807) is 0 Å². The highest BCUT2D eigenvalue weighted by molar-refractivity contribution is 6.30. The summed E-state index contributed by atoms with van der Waals surface area (Å²) in [6, 6.07) is 16.2. The van der Waals surface area contributed by atoms with Crippen LogP contribution in [0.4, 0.5) is 0 Å². The Kier molecular flexibility index (Phi) is 6.56. The van der Waals surface area contributed by atoms with Gasteiger partial charge < -0.3 is 5.32 Å². The van der Waals surface area contributed by atoms with Gasteiger partial charge in [0.2, 0.25) is 0 Å². The van der Waals surface area contributed by atoms with Crippen LogP contribution in [0.1, 0.15) is 36.8 Å². The van der Waals surface area contributed by atoms with Crippen molar-refractivity contribution in [2.24, 2.45) is 0 Å². The lowest BCUT2D eigenvalue weighted by molar-refractivity contribution is 0.607. The second kappa shape index (κ2) is 8.43. The third kappa shape index (κ3) is 5.03. The normalized spacial score (nSPS) is 11.0. The quantitative estimate of drug-likeness (QED) is 0.662. The molecule has 0 saturated carbocycles. The number of unbranched alkanes of at least 4 members (excludes halogenated alkanes) is 1. The van der Waals surface area contributed by atoms with Crippen molar-refractivity contribution in [1.82, 2.24) is 5.32 Å². The number of benzene rings is 2. The first-order chi connectivity index (χ1) is 10.2. The Balaban J connectivity index is 2.17. The molecule has 0 aromatic heterocycles. The first-order valence-electron chi connectivity index (χ1n) is 7.42. The van der Waals surface area contributed by atoms with E-state index in [4.69, 9.17) is 23.2 Å². The van der Waals surface area contributed by atoms with Crippen molar-refractivity contribution in [2.45, 2.75) is 25.7 Å². The van der Waals surface area contributed by atoms with E-state index in [0.717, 1.165) is 23.1 Å². The van der Waals surface area contributed by atoms with Crippen LogP contribution in [-0.4, -0.2) is 13.1 Å². The third-order valence-corrected chi connectivity index (χ3v) is 4.10. The number of hydrogen-bond acceptors (Lipinski definition) is 1. The number of halogens is 2. The smallest absolute Gasteiger partial charge is 0.0406 e. The van der Waals surface area contributed by atoms with Crippen molar-refractivity contribution in [3.8, 4) is 0 Å². The molecule has 0 spiro atoms. The molecule has 0 fully saturated rings. The van der Waals surface area contributed by atoms with Crippen molar-refractivity contribution in [3.63, 3.8) is 0 Å². The molecule has 0 aliphatic rings. The molecular formula is C18H21Cl2N. The molecular weight excluding hydrogens is 301 g/mol. The van der Waals surface area contributed by atoms with Crippen LogP contribution in [-0.2, 0) is 0 Å². The van der Waals surface area contributed by atoms with Gasteiger partial charge in [0.25, 0.3) is 0 Å². The molecule has 0 bridgehead atoms. The topological polar surface area (TPSA) is 12.0 Å². The Hall–Kier alpha value is -1.02. The van der Waals surface area contributed by atoms with Crippen molar-refractivity contribution in [1.29, 1.82) is 0 Å². The molecule has 3 heteroatoms. The van der Waals surface area contributed by atoms with Crippen molar-refractivity contribution in [2.75, 3.05) is 13.1 Å². The minimum atomic E-state index is 0.316. The van der Waals surface area contributed by atoms with E-state index in [0.29, 0.717) is 5.92 Å². The van der Waals surface area contributed by atoms with Crippen LogP contribution < -0.4 is 5.32 Å². The molecule has 1 nitrogen and oxygen atoms in total. The van der Waals surface area contributed by atoms with Gasteiger partial charge in [-0.1, -0.05) is 60.8 Å². The van der Waals surface area contributed by atoms with Gasteiger partial charge in [-0.3, -0.25) is 0 Å². The van der Waals surface area contributed by atoms with Gasteiger partial charge in [0.1, 0.15) is 0 Å². The number of hydrogen-bond donors (Lipinski definition) is 1. The molecule has 112 valence electrons. The van der Waals surface area contributed by atoms with Gasteiger partial charge in [0, 0.05) is 22.5 Å². The van der Waals surface area contributed by atoms with Crippen LogP contribution >= 0.6 is 23.2 Å². The summed E-state index contributed by atoms with van der Waals surface area (Å²) >= 11 is 12.0. The SMILES string of the molecule is CCCCNCC(c1ccc(Cl)cc1)c1ccc(Cl)cc1. The largest absolute Gasteiger partial charge is 0.316 e. The summed E-state index contributed by atoms with van der Waals surface area (Å²) < 4.78 is 0. The molecule has 0 heterocycles. The second-order valence-electron chi connectivity index (χ2n) is 5.21. The van der Waals surface area contributed by atoms with Gasteiger partial charge in [-0.25, -0.2) is 0 Å². The van der Waals surface area contributed by atoms with E-state index < -0.39 is 0 Å². The average Bonchev–Trinajstić information content (AvgIpc) is 2.50. The van der Waals surface area contributed by atoms with E-state index in [-0.39, 0.29) is 0 Å². The third-order valence-electron chi connectivity index (χ3n) is 3.60. The molecule has 0 aliphatic heterocycles. The molecule has 0 radical (unpaired) electrons. The van der Waals surface area contributed by atoms with Gasteiger partial charge in [-0.05, 0) is 48.4 Å². The monoisotopic (exact) mass is 321 g/mol. The maximum atomic E-state index is 6.00.